The van der Waals surface area contributed by atoms with Gasteiger partial charge in [-0.05, 0) is 44.7 Å². The minimum absolute atomic E-state index is 0.0225. The highest BCUT2D eigenvalue weighted by molar-refractivity contribution is 5.92. The van der Waals surface area contributed by atoms with Crippen molar-refractivity contribution in [3.8, 4) is 0 Å². The van der Waals surface area contributed by atoms with Crippen LogP contribution in [0, 0.1) is 5.41 Å². The largest absolute Gasteiger partial charge is 0.378 e. The van der Waals surface area contributed by atoms with E-state index in [0.717, 1.165) is 45.4 Å². The third kappa shape index (κ3) is 3.67. The van der Waals surface area contributed by atoms with E-state index in [4.69, 9.17) is 4.74 Å². The Kier molecular flexibility index (Phi) is 5.42. The Labute approximate surface area is 166 Å². The number of likely N-dealkylation sites (N-methyl/N-ethyl adjacent to an activating group) is 1. The number of hydrogen-bond donors (Lipinski definition) is 0. The number of hydrogen-bond acceptors (Lipinski definition) is 5. The molecule has 0 N–H and O–H groups in total. The Hall–Kier alpha value is -1.93. The third-order valence-corrected chi connectivity index (χ3v) is 6.65. The summed E-state index contributed by atoms with van der Waals surface area (Å²) >= 11 is 0. The summed E-state index contributed by atoms with van der Waals surface area (Å²) in [6, 6.07) is 1.76. The molecule has 1 aromatic rings. The zero-order chi connectivity index (χ0) is 19.7. The van der Waals surface area contributed by atoms with E-state index in [0.29, 0.717) is 32.0 Å². The van der Waals surface area contributed by atoms with Crippen LogP contribution in [0.5, 0.6) is 0 Å². The Bertz CT molecular complexity index is 719. The summed E-state index contributed by atoms with van der Waals surface area (Å²) in [7, 11) is 2.06. The molecule has 3 fully saturated rings. The molecule has 3 aliphatic heterocycles. The van der Waals surface area contributed by atoms with Gasteiger partial charge in [-0.15, -0.1) is 0 Å². The smallest absolute Gasteiger partial charge is 0.274 e. The first-order chi connectivity index (χ1) is 13.5. The Morgan fingerprint density at radius 2 is 1.89 bits per heavy atom. The number of carbonyl (C=O) groups is 2. The van der Waals surface area contributed by atoms with E-state index in [9.17, 15) is 9.59 Å². The summed E-state index contributed by atoms with van der Waals surface area (Å²) in [4.78, 5) is 31.8. The van der Waals surface area contributed by atoms with E-state index in [1.807, 2.05) is 22.9 Å². The topological polar surface area (TPSA) is 70.9 Å². The van der Waals surface area contributed by atoms with E-state index < -0.39 is 0 Å². The number of carbonyl (C=O) groups excluding carboxylic acids is 2. The van der Waals surface area contributed by atoms with Crippen LogP contribution < -0.4 is 0 Å². The molecule has 4 heterocycles. The van der Waals surface area contributed by atoms with Crippen LogP contribution in [0.3, 0.4) is 0 Å². The quantitative estimate of drug-likeness (QED) is 0.761. The van der Waals surface area contributed by atoms with Crippen molar-refractivity contribution in [3.05, 3.63) is 18.0 Å². The molecule has 0 aromatic carbocycles. The van der Waals surface area contributed by atoms with Gasteiger partial charge in [-0.25, -0.2) is 0 Å². The van der Waals surface area contributed by atoms with Crippen LogP contribution in [0.15, 0.2) is 12.3 Å². The maximum atomic E-state index is 13.0. The number of aromatic nitrogens is 2. The summed E-state index contributed by atoms with van der Waals surface area (Å²) in [6.45, 7) is 7.86. The van der Waals surface area contributed by atoms with Gasteiger partial charge in [0.2, 0.25) is 5.91 Å². The van der Waals surface area contributed by atoms with Crippen LogP contribution in [0.25, 0.3) is 0 Å². The lowest BCUT2D eigenvalue weighted by molar-refractivity contribution is -0.139. The van der Waals surface area contributed by atoms with Gasteiger partial charge in [0.1, 0.15) is 5.69 Å². The van der Waals surface area contributed by atoms with Crippen molar-refractivity contribution in [2.45, 2.75) is 38.8 Å². The summed E-state index contributed by atoms with van der Waals surface area (Å²) < 4.78 is 7.16. The molecule has 0 saturated carbocycles. The lowest BCUT2D eigenvalue weighted by Crippen LogP contribution is -2.48. The van der Waals surface area contributed by atoms with Crippen molar-refractivity contribution >= 4 is 11.8 Å². The predicted molar refractivity (Wildman–Crippen MR) is 104 cm³/mol. The minimum Gasteiger partial charge on any atom is -0.378 e. The van der Waals surface area contributed by atoms with Crippen molar-refractivity contribution in [1.29, 1.82) is 0 Å². The second-order valence-electron chi connectivity index (χ2n) is 8.42. The van der Waals surface area contributed by atoms with Crippen molar-refractivity contribution in [1.82, 2.24) is 24.5 Å². The molecule has 1 unspecified atom stereocenters. The molecule has 0 radical (unpaired) electrons. The minimum atomic E-state index is -0.0411. The molecule has 0 bridgehead atoms. The average molecular weight is 390 g/mol. The van der Waals surface area contributed by atoms with Crippen molar-refractivity contribution in [3.63, 3.8) is 0 Å². The first-order valence-corrected chi connectivity index (χ1v) is 10.4. The first kappa shape index (κ1) is 19.4. The maximum absolute atomic E-state index is 13.0. The maximum Gasteiger partial charge on any atom is 0.274 e. The van der Waals surface area contributed by atoms with Crippen LogP contribution in [0.4, 0.5) is 0 Å². The second kappa shape index (κ2) is 7.83. The lowest BCUT2D eigenvalue weighted by Gasteiger charge is -2.39. The molecular weight excluding hydrogens is 358 g/mol. The number of rotatable bonds is 3. The Morgan fingerprint density at radius 3 is 2.54 bits per heavy atom. The van der Waals surface area contributed by atoms with Crippen LogP contribution in [0.2, 0.25) is 0 Å². The van der Waals surface area contributed by atoms with Gasteiger partial charge in [0.05, 0.1) is 19.3 Å². The predicted octanol–water partition coefficient (Wildman–Crippen LogP) is 0.688. The Morgan fingerprint density at radius 1 is 1.18 bits per heavy atom. The van der Waals surface area contributed by atoms with Gasteiger partial charge in [0.25, 0.3) is 5.91 Å². The molecule has 8 heteroatoms. The highest BCUT2D eigenvalue weighted by Crippen LogP contribution is 2.43. The molecule has 1 atom stereocenters. The zero-order valence-electron chi connectivity index (χ0n) is 17.0. The normalized spacial score (nSPS) is 25.4. The molecule has 1 spiro atoms. The van der Waals surface area contributed by atoms with Crippen molar-refractivity contribution in [2.24, 2.45) is 5.41 Å². The standard InChI is InChI=1S/C20H31N5O3/c1-3-25-7-4-16(21-25)18(26)23-8-5-20(6-9-23)14-17(22(2)15-20)19(27)24-10-12-28-13-11-24/h4,7,17H,3,5-6,8-15H2,1-2H3. The molecular formula is C20H31N5O3. The molecule has 8 nitrogen and oxygen atoms in total. The molecule has 2 amide bonds. The van der Waals surface area contributed by atoms with Crippen molar-refractivity contribution < 1.29 is 14.3 Å². The molecule has 154 valence electrons. The fraction of sp³-hybridized carbons (Fsp3) is 0.750. The fourth-order valence-corrected chi connectivity index (χ4v) is 4.90. The number of amides is 2. The SMILES string of the molecule is CCn1ccc(C(=O)N2CCC3(CC2)CC(C(=O)N2CCOCC2)N(C)C3)n1. The van der Waals surface area contributed by atoms with Crippen LogP contribution in [0.1, 0.15) is 36.7 Å². The van der Waals surface area contributed by atoms with Crippen LogP contribution in [-0.4, -0.2) is 95.3 Å². The number of aryl methyl sites for hydroxylation is 1. The summed E-state index contributed by atoms with van der Waals surface area (Å²) in [5.74, 6) is 0.264. The van der Waals surface area contributed by atoms with Gasteiger partial charge in [-0.3, -0.25) is 19.2 Å². The van der Waals surface area contributed by atoms with E-state index in [2.05, 4.69) is 17.0 Å². The lowest BCUT2D eigenvalue weighted by atomic mass is 9.76. The third-order valence-electron chi connectivity index (χ3n) is 6.65. The number of piperidine rings is 1. The first-order valence-electron chi connectivity index (χ1n) is 10.4. The van der Waals surface area contributed by atoms with Gasteiger partial charge in [-0.1, -0.05) is 0 Å². The summed E-state index contributed by atoms with van der Waals surface area (Å²) in [5, 5.41) is 4.35. The monoisotopic (exact) mass is 389 g/mol. The molecule has 3 aliphatic rings. The molecule has 28 heavy (non-hydrogen) atoms. The number of ether oxygens (including phenoxy) is 1. The zero-order valence-corrected chi connectivity index (χ0v) is 17.0. The number of likely N-dealkylation sites (tertiary alicyclic amines) is 2. The van der Waals surface area contributed by atoms with E-state index in [1.54, 1.807) is 10.7 Å². The van der Waals surface area contributed by atoms with Gasteiger partial charge < -0.3 is 14.5 Å². The molecule has 0 aliphatic carbocycles. The fourth-order valence-electron chi connectivity index (χ4n) is 4.90. The van der Waals surface area contributed by atoms with E-state index >= 15 is 0 Å². The highest BCUT2D eigenvalue weighted by Gasteiger charge is 2.48. The van der Waals surface area contributed by atoms with Gasteiger partial charge in [0.15, 0.2) is 0 Å². The molecule has 4 rings (SSSR count). The van der Waals surface area contributed by atoms with Crippen LogP contribution in [-0.2, 0) is 16.1 Å². The second-order valence-corrected chi connectivity index (χ2v) is 8.42. The van der Waals surface area contributed by atoms with Crippen molar-refractivity contribution in [2.75, 3.05) is 53.0 Å². The Balaban J connectivity index is 1.36. The molecule has 1 aromatic heterocycles. The molecule has 3 saturated heterocycles. The average Bonchev–Trinajstić information content (AvgIpc) is 3.33. The van der Waals surface area contributed by atoms with Gasteiger partial charge in [0, 0.05) is 45.5 Å². The van der Waals surface area contributed by atoms with E-state index in [-0.39, 0.29) is 23.3 Å². The summed E-state index contributed by atoms with van der Waals surface area (Å²) in [5.41, 5.74) is 0.669. The van der Waals surface area contributed by atoms with E-state index in [1.165, 1.54) is 0 Å². The van der Waals surface area contributed by atoms with Gasteiger partial charge in [-0.2, -0.15) is 5.10 Å². The number of nitrogens with zero attached hydrogens (tertiary/aromatic N) is 5. The highest BCUT2D eigenvalue weighted by atomic mass is 16.5. The summed E-state index contributed by atoms with van der Waals surface area (Å²) in [6.07, 6.45) is 4.65. The number of morpholine rings is 1. The van der Waals surface area contributed by atoms with Gasteiger partial charge >= 0.3 is 0 Å². The van der Waals surface area contributed by atoms with Crippen LogP contribution >= 0.6 is 0 Å².